The molecule has 0 unspecified atom stereocenters. The summed E-state index contributed by atoms with van der Waals surface area (Å²) in [6.07, 6.45) is 0. The van der Waals surface area contributed by atoms with Crippen LogP contribution in [0, 0.1) is 0 Å². The second kappa shape index (κ2) is 3.27. The van der Waals surface area contributed by atoms with E-state index in [4.69, 9.17) is 4.74 Å². The van der Waals surface area contributed by atoms with Gasteiger partial charge in [0.25, 0.3) is 0 Å². The molecule has 0 aliphatic carbocycles. The predicted octanol–water partition coefficient (Wildman–Crippen LogP) is 2.07. The van der Waals surface area contributed by atoms with E-state index in [1.54, 1.807) is 19.4 Å². The van der Waals surface area contributed by atoms with Crippen molar-refractivity contribution in [1.82, 2.24) is 4.98 Å². The Kier molecular flexibility index (Phi) is 2.63. The molecular weight excluding hydrogens is 186 g/mol. The average Bonchev–Trinajstić information content (AvgIpc) is 2.35. The minimum atomic E-state index is -0.892. The SMILES string of the molecule is CC(C)(O)C(C)(C)Oc1cscn1. The van der Waals surface area contributed by atoms with E-state index in [-0.39, 0.29) is 0 Å². The molecule has 0 aromatic carbocycles. The molecule has 0 amide bonds. The molecule has 0 saturated heterocycles. The van der Waals surface area contributed by atoms with Gasteiger partial charge >= 0.3 is 0 Å². The Bertz CT molecular complexity index is 262. The second-order valence-corrected chi connectivity index (χ2v) is 4.72. The quantitative estimate of drug-likeness (QED) is 0.814. The summed E-state index contributed by atoms with van der Waals surface area (Å²) < 4.78 is 5.56. The van der Waals surface area contributed by atoms with Crippen molar-refractivity contribution >= 4 is 11.3 Å². The fraction of sp³-hybridized carbons (Fsp3) is 0.667. The highest BCUT2D eigenvalue weighted by atomic mass is 32.1. The van der Waals surface area contributed by atoms with Gasteiger partial charge in [0.2, 0.25) is 5.88 Å². The lowest BCUT2D eigenvalue weighted by Gasteiger charge is -2.36. The highest BCUT2D eigenvalue weighted by Gasteiger charge is 2.37. The van der Waals surface area contributed by atoms with Crippen LogP contribution in [0.4, 0.5) is 0 Å². The van der Waals surface area contributed by atoms with Gasteiger partial charge in [0, 0.05) is 0 Å². The van der Waals surface area contributed by atoms with E-state index in [9.17, 15) is 5.11 Å². The maximum atomic E-state index is 9.79. The number of hydrogen-bond acceptors (Lipinski definition) is 4. The van der Waals surface area contributed by atoms with Gasteiger partial charge in [-0.3, -0.25) is 0 Å². The van der Waals surface area contributed by atoms with Crippen molar-refractivity contribution in [1.29, 1.82) is 0 Å². The zero-order valence-corrected chi connectivity index (χ0v) is 9.18. The molecule has 1 N–H and O–H groups in total. The summed E-state index contributed by atoms with van der Waals surface area (Å²) >= 11 is 1.47. The normalized spacial score (nSPS) is 13.0. The van der Waals surface area contributed by atoms with Crippen molar-refractivity contribution in [3.8, 4) is 5.88 Å². The Morgan fingerprint density at radius 2 is 2.00 bits per heavy atom. The van der Waals surface area contributed by atoms with E-state index in [1.165, 1.54) is 11.3 Å². The molecule has 4 heteroatoms. The summed E-state index contributed by atoms with van der Waals surface area (Å²) in [6, 6.07) is 0. The third-order valence-corrected chi connectivity index (χ3v) is 2.81. The number of aromatic nitrogens is 1. The number of ether oxygens (including phenoxy) is 1. The van der Waals surface area contributed by atoms with E-state index < -0.39 is 11.2 Å². The van der Waals surface area contributed by atoms with Gasteiger partial charge < -0.3 is 9.84 Å². The molecule has 74 valence electrons. The third-order valence-electron chi connectivity index (χ3n) is 2.24. The summed E-state index contributed by atoms with van der Waals surface area (Å²) in [5, 5.41) is 11.6. The van der Waals surface area contributed by atoms with Crippen molar-refractivity contribution in [2.75, 3.05) is 0 Å². The van der Waals surface area contributed by atoms with Crippen LogP contribution < -0.4 is 4.74 Å². The maximum absolute atomic E-state index is 9.79. The van der Waals surface area contributed by atoms with Crippen LogP contribution in [-0.2, 0) is 0 Å². The van der Waals surface area contributed by atoms with Crippen LogP contribution in [0.1, 0.15) is 27.7 Å². The summed E-state index contributed by atoms with van der Waals surface area (Å²) in [6.45, 7) is 7.12. The standard InChI is InChI=1S/C9H15NO2S/c1-8(2,11)9(3,4)12-7-5-13-6-10-7/h5-6,11H,1-4H3. The van der Waals surface area contributed by atoms with Gasteiger partial charge in [-0.05, 0) is 27.7 Å². The topological polar surface area (TPSA) is 42.4 Å². The lowest BCUT2D eigenvalue weighted by atomic mass is 9.89. The molecule has 1 heterocycles. The average molecular weight is 201 g/mol. The van der Waals surface area contributed by atoms with Crippen molar-refractivity contribution in [2.45, 2.75) is 38.9 Å². The van der Waals surface area contributed by atoms with Crippen LogP contribution in [0.25, 0.3) is 0 Å². The van der Waals surface area contributed by atoms with Gasteiger partial charge in [0.05, 0.1) is 16.5 Å². The zero-order valence-electron chi connectivity index (χ0n) is 8.37. The lowest BCUT2D eigenvalue weighted by molar-refractivity contribution is -0.0923. The van der Waals surface area contributed by atoms with Crippen molar-refractivity contribution in [3.05, 3.63) is 10.9 Å². The van der Waals surface area contributed by atoms with Crippen LogP contribution in [0.3, 0.4) is 0 Å². The molecule has 0 bridgehead atoms. The Hall–Kier alpha value is -0.610. The van der Waals surface area contributed by atoms with Gasteiger partial charge in [-0.1, -0.05) is 0 Å². The van der Waals surface area contributed by atoms with E-state index in [0.29, 0.717) is 5.88 Å². The number of rotatable bonds is 3. The molecule has 1 rings (SSSR count). The van der Waals surface area contributed by atoms with E-state index >= 15 is 0 Å². The minimum absolute atomic E-state index is 0.567. The first-order valence-corrected chi connectivity index (χ1v) is 5.07. The minimum Gasteiger partial charge on any atom is -0.468 e. The fourth-order valence-electron chi connectivity index (χ4n) is 0.638. The third kappa shape index (κ3) is 2.42. The largest absolute Gasteiger partial charge is 0.468 e. The molecule has 0 saturated carbocycles. The van der Waals surface area contributed by atoms with Gasteiger partial charge in [-0.25, -0.2) is 4.98 Å². The van der Waals surface area contributed by atoms with Gasteiger partial charge in [-0.15, -0.1) is 11.3 Å². The number of nitrogens with zero attached hydrogens (tertiary/aromatic N) is 1. The van der Waals surface area contributed by atoms with Crippen LogP contribution in [0.5, 0.6) is 5.88 Å². The van der Waals surface area contributed by atoms with E-state index in [2.05, 4.69) is 4.98 Å². The number of thiazole rings is 1. The predicted molar refractivity (Wildman–Crippen MR) is 53.1 cm³/mol. The molecule has 1 aromatic heterocycles. The van der Waals surface area contributed by atoms with Crippen LogP contribution in [-0.4, -0.2) is 21.3 Å². The first-order chi connectivity index (χ1) is 5.83. The molecule has 0 atom stereocenters. The van der Waals surface area contributed by atoms with Gasteiger partial charge in [-0.2, -0.15) is 0 Å². The molecule has 1 aromatic rings. The summed E-state index contributed by atoms with van der Waals surface area (Å²) in [5.74, 6) is 0.567. The Morgan fingerprint density at radius 3 is 2.38 bits per heavy atom. The summed E-state index contributed by atoms with van der Waals surface area (Å²) in [7, 11) is 0. The van der Waals surface area contributed by atoms with Crippen LogP contribution in [0.15, 0.2) is 10.9 Å². The first kappa shape index (κ1) is 10.5. The highest BCUT2D eigenvalue weighted by Crippen LogP contribution is 2.27. The second-order valence-electron chi connectivity index (χ2n) is 4.00. The molecule has 0 aliphatic heterocycles. The van der Waals surface area contributed by atoms with Crippen molar-refractivity contribution < 1.29 is 9.84 Å². The zero-order chi connectivity index (χ0) is 10.1. The summed E-state index contributed by atoms with van der Waals surface area (Å²) in [5.41, 5.74) is 0.174. The molecule has 0 fully saturated rings. The van der Waals surface area contributed by atoms with E-state index in [1.807, 2.05) is 19.2 Å². The monoisotopic (exact) mass is 201 g/mol. The first-order valence-electron chi connectivity index (χ1n) is 4.12. The maximum Gasteiger partial charge on any atom is 0.224 e. The van der Waals surface area contributed by atoms with Crippen molar-refractivity contribution in [3.63, 3.8) is 0 Å². The summed E-state index contributed by atoms with van der Waals surface area (Å²) in [4.78, 5) is 4.00. The van der Waals surface area contributed by atoms with Crippen molar-refractivity contribution in [2.24, 2.45) is 0 Å². The highest BCUT2D eigenvalue weighted by molar-refractivity contribution is 7.07. The van der Waals surface area contributed by atoms with Gasteiger partial charge in [0.15, 0.2) is 0 Å². The van der Waals surface area contributed by atoms with Crippen LogP contribution in [0.2, 0.25) is 0 Å². The van der Waals surface area contributed by atoms with Crippen LogP contribution >= 0.6 is 11.3 Å². The Morgan fingerprint density at radius 1 is 1.38 bits per heavy atom. The molecule has 0 aliphatic rings. The number of aliphatic hydroxyl groups is 1. The number of hydrogen-bond donors (Lipinski definition) is 1. The molecule has 3 nitrogen and oxygen atoms in total. The van der Waals surface area contributed by atoms with E-state index in [0.717, 1.165) is 0 Å². The van der Waals surface area contributed by atoms with Gasteiger partial charge in [0.1, 0.15) is 5.60 Å². The fourth-order valence-corrected chi connectivity index (χ4v) is 1.09. The molecule has 0 spiro atoms. The smallest absolute Gasteiger partial charge is 0.224 e. The lowest BCUT2D eigenvalue weighted by Crippen LogP contribution is -2.49. The Labute approximate surface area is 82.4 Å². The molecule has 13 heavy (non-hydrogen) atoms. The Balaban J connectivity index is 2.73. The molecule has 0 radical (unpaired) electrons. The molecular formula is C9H15NO2S.